The van der Waals surface area contributed by atoms with Crippen molar-refractivity contribution in [1.82, 2.24) is 9.97 Å². The van der Waals surface area contributed by atoms with Gasteiger partial charge in [0.15, 0.2) is 0 Å². The van der Waals surface area contributed by atoms with Crippen molar-refractivity contribution in [2.45, 2.75) is 27.7 Å². The van der Waals surface area contributed by atoms with Crippen LogP contribution < -0.4 is 10.6 Å². The first kappa shape index (κ1) is 15.9. The van der Waals surface area contributed by atoms with Crippen LogP contribution in [0.4, 0.5) is 11.6 Å². The van der Waals surface area contributed by atoms with E-state index in [-0.39, 0.29) is 5.91 Å². The molecule has 0 aliphatic rings. The summed E-state index contributed by atoms with van der Waals surface area (Å²) in [5.74, 6) is 0.720. The molecule has 0 aliphatic heterocycles. The highest BCUT2D eigenvalue weighted by Gasteiger charge is 2.10. The molecule has 5 nitrogen and oxygen atoms in total. The summed E-state index contributed by atoms with van der Waals surface area (Å²) in [5, 5.41) is 5.99. The average Bonchev–Trinajstić information content (AvgIpc) is 2.44. The third kappa shape index (κ3) is 4.55. The molecule has 2 rings (SSSR count). The molecule has 116 valence electrons. The van der Waals surface area contributed by atoms with E-state index in [9.17, 15) is 4.79 Å². The fraction of sp³-hybridized carbons (Fsp3) is 0.353. The number of anilines is 2. The van der Waals surface area contributed by atoms with Crippen molar-refractivity contribution in [3.8, 4) is 0 Å². The molecule has 2 aromatic rings. The van der Waals surface area contributed by atoms with Crippen LogP contribution in [0.2, 0.25) is 0 Å². The molecule has 0 spiro atoms. The third-order valence-corrected chi connectivity index (χ3v) is 3.04. The van der Waals surface area contributed by atoms with Gasteiger partial charge >= 0.3 is 0 Å². The molecule has 1 aromatic carbocycles. The van der Waals surface area contributed by atoms with Crippen molar-refractivity contribution in [2.24, 2.45) is 5.92 Å². The van der Waals surface area contributed by atoms with Gasteiger partial charge in [-0.15, -0.1) is 0 Å². The Bertz CT molecular complexity index is 647. The Hall–Kier alpha value is -2.43. The predicted octanol–water partition coefficient (Wildman–Crippen LogP) is 3.41. The highest BCUT2D eigenvalue weighted by atomic mass is 16.1. The van der Waals surface area contributed by atoms with Crippen molar-refractivity contribution in [3.63, 3.8) is 0 Å². The molecule has 0 bridgehead atoms. The van der Waals surface area contributed by atoms with Gasteiger partial charge in [0.05, 0.1) is 0 Å². The molecular formula is C17H22N4O. The molecule has 2 N–H and O–H groups in total. The van der Waals surface area contributed by atoms with Crippen molar-refractivity contribution < 1.29 is 4.79 Å². The van der Waals surface area contributed by atoms with E-state index in [4.69, 9.17) is 0 Å². The fourth-order valence-electron chi connectivity index (χ4n) is 2.11. The van der Waals surface area contributed by atoms with Crippen molar-refractivity contribution in [3.05, 3.63) is 47.3 Å². The largest absolute Gasteiger partial charge is 0.354 e. The first-order chi connectivity index (χ1) is 10.4. The quantitative estimate of drug-likeness (QED) is 0.887. The van der Waals surface area contributed by atoms with E-state index in [0.29, 0.717) is 17.6 Å². The van der Waals surface area contributed by atoms with E-state index in [1.807, 2.05) is 26.0 Å². The number of nitrogens with one attached hydrogen (secondary N) is 2. The highest BCUT2D eigenvalue weighted by Crippen LogP contribution is 2.14. The van der Waals surface area contributed by atoms with Crippen molar-refractivity contribution >= 4 is 17.5 Å². The summed E-state index contributed by atoms with van der Waals surface area (Å²) < 4.78 is 0. The lowest BCUT2D eigenvalue weighted by Gasteiger charge is -2.09. The standard InChI is InChI=1S/C17H22N4O/c1-11(2)10-19-17-18-6-5-15(21-17)16(22)20-14-8-12(3)7-13(4)9-14/h5-9,11H,10H2,1-4H3,(H,20,22)(H,18,19,21). The zero-order valence-electron chi connectivity index (χ0n) is 13.5. The minimum absolute atomic E-state index is 0.236. The van der Waals surface area contributed by atoms with E-state index in [1.54, 1.807) is 12.3 Å². The van der Waals surface area contributed by atoms with Gasteiger partial charge in [-0.2, -0.15) is 0 Å². The summed E-state index contributed by atoms with van der Waals surface area (Å²) >= 11 is 0. The smallest absolute Gasteiger partial charge is 0.274 e. The van der Waals surface area contributed by atoms with Crippen LogP contribution in [-0.2, 0) is 0 Å². The molecule has 1 amide bonds. The van der Waals surface area contributed by atoms with E-state index >= 15 is 0 Å². The van der Waals surface area contributed by atoms with Crippen molar-refractivity contribution in [2.75, 3.05) is 17.2 Å². The molecule has 1 aromatic heterocycles. The van der Waals surface area contributed by atoms with Crippen LogP contribution in [0.15, 0.2) is 30.5 Å². The molecule has 1 heterocycles. The summed E-state index contributed by atoms with van der Waals surface area (Å²) in [4.78, 5) is 20.7. The Labute approximate surface area is 131 Å². The van der Waals surface area contributed by atoms with Crippen LogP contribution >= 0.6 is 0 Å². The maximum Gasteiger partial charge on any atom is 0.274 e. The number of carbonyl (C=O) groups excluding carboxylic acids is 1. The minimum atomic E-state index is -0.236. The van der Waals surface area contributed by atoms with Gasteiger partial charge in [0.25, 0.3) is 5.91 Å². The number of hydrogen-bond acceptors (Lipinski definition) is 4. The molecule has 0 saturated heterocycles. The SMILES string of the molecule is Cc1cc(C)cc(NC(=O)c2ccnc(NCC(C)C)n2)c1. The van der Waals surface area contributed by atoms with Crippen molar-refractivity contribution in [1.29, 1.82) is 0 Å². The minimum Gasteiger partial charge on any atom is -0.354 e. The Kier molecular flexibility index (Phi) is 5.09. The second-order valence-corrected chi connectivity index (χ2v) is 5.87. The molecular weight excluding hydrogens is 276 g/mol. The van der Waals surface area contributed by atoms with Gasteiger partial charge in [-0.3, -0.25) is 4.79 Å². The van der Waals surface area contributed by atoms with Crippen LogP contribution in [0.5, 0.6) is 0 Å². The Morgan fingerprint density at radius 1 is 1.18 bits per heavy atom. The van der Waals surface area contributed by atoms with E-state index in [2.05, 4.69) is 40.5 Å². The van der Waals surface area contributed by atoms with Gasteiger partial charge in [0, 0.05) is 18.4 Å². The lowest BCUT2D eigenvalue weighted by Crippen LogP contribution is -2.16. The highest BCUT2D eigenvalue weighted by molar-refractivity contribution is 6.03. The normalized spacial score (nSPS) is 10.6. The maximum absolute atomic E-state index is 12.3. The second-order valence-electron chi connectivity index (χ2n) is 5.87. The van der Waals surface area contributed by atoms with Crippen LogP contribution in [0.1, 0.15) is 35.5 Å². The summed E-state index contributed by atoms with van der Waals surface area (Å²) in [7, 11) is 0. The molecule has 0 atom stereocenters. The lowest BCUT2D eigenvalue weighted by atomic mass is 10.1. The number of amides is 1. The number of hydrogen-bond donors (Lipinski definition) is 2. The number of benzene rings is 1. The monoisotopic (exact) mass is 298 g/mol. The summed E-state index contributed by atoms with van der Waals surface area (Å²) in [6.07, 6.45) is 1.59. The number of aromatic nitrogens is 2. The number of carbonyl (C=O) groups is 1. The first-order valence-electron chi connectivity index (χ1n) is 7.40. The Balaban J connectivity index is 2.10. The second kappa shape index (κ2) is 7.02. The van der Waals surface area contributed by atoms with E-state index in [0.717, 1.165) is 23.4 Å². The van der Waals surface area contributed by atoms with E-state index in [1.165, 1.54) is 0 Å². The van der Waals surface area contributed by atoms with Gasteiger partial charge in [0.1, 0.15) is 5.69 Å². The molecule has 0 radical (unpaired) electrons. The van der Waals surface area contributed by atoms with E-state index < -0.39 is 0 Å². The Morgan fingerprint density at radius 3 is 2.50 bits per heavy atom. The van der Waals surface area contributed by atoms with Gasteiger partial charge in [-0.1, -0.05) is 19.9 Å². The van der Waals surface area contributed by atoms with Crippen LogP contribution in [0.3, 0.4) is 0 Å². The van der Waals surface area contributed by atoms with Crippen LogP contribution in [-0.4, -0.2) is 22.4 Å². The molecule has 22 heavy (non-hydrogen) atoms. The molecule has 0 unspecified atom stereocenters. The van der Waals surface area contributed by atoms with Crippen LogP contribution in [0, 0.1) is 19.8 Å². The zero-order valence-corrected chi connectivity index (χ0v) is 13.5. The number of aryl methyl sites for hydroxylation is 2. The zero-order chi connectivity index (χ0) is 16.1. The summed E-state index contributed by atoms with van der Waals surface area (Å²) in [6, 6.07) is 7.54. The lowest BCUT2D eigenvalue weighted by molar-refractivity contribution is 0.102. The average molecular weight is 298 g/mol. The predicted molar refractivity (Wildman–Crippen MR) is 89.2 cm³/mol. The maximum atomic E-state index is 12.3. The third-order valence-electron chi connectivity index (χ3n) is 3.04. The molecule has 5 heteroatoms. The number of nitrogens with zero attached hydrogens (tertiary/aromatic N) is 2. The van der Waals surface area contributed by atoms with Gasteiger partial charge < -0.3 is 10.6 Å². The first-order valence-corrected chi connectivity index (χ1v) is 7.40. The van der Waals surface area contributed by atoms with Gasteiger partial charge in [0.2, 0.25) is 5.95 Å². The Morgan fingerprint density at radius 2 is 1.86 bits per heavy atom. The van der Waals surface area contributed by atoms with Gasteiger partial charge in [-0.05, 0) is 49.1 Å². The molecule has 0 saturated carbocycles. The molecule has 0 aliphatic carbocycles. The van der Waals surface area contributed by atoms with Gasteiger partial charge in [-0.25, -0.2) is 9.97 Å². The van der Waals surface area contributed by atoms with Crippen LogP contribution in [0.25, 0.3) is 0 Å². The molecule has 0 fully saturated rings. The number of rotatable bonds is 5. The summed E-state index contributed by atoms with van der Waals surface area (Å²) in [6.45, 7) is 8.97. The topological polar surface area (TPSA) is 66.9 Å². The summed E-state index contributed by atoms with van der Waals surface area (Å²) in [5.41, 5.74) is 3.34. The fourth-order valence-corrected chi connectivity index (χ4v) is 2.11.